The summed E-state index contributed by atoms with van der Waals surface area (Å²) in [6.45, 7) is 2.26. The van der Waals surface area contributed by atoms with Gasteiger partial charge in [0.15, 0.2) is 0 Å². The van der Waals surface area contributed by atoms with Crippen LogP contribution in [0.1, 0.15) is 12.8 Å². The lowest BCUT2D eigenvalue weighted by atomic mass is 9.97. The van der Waals surface area contributed by atoms with Gasteiger partial charge in [-0.3, -0.25) is 9.00 Å². The molecule has 4 nitrogen and oxygen atoms in total. The fourth-order valence-electron chi connectivity index (χ4n) is 1.68. The molecule has 1 rings (SSSR count). The van der Waals surface area contributed by atoms with Crippen LogP contribution >= 0.6 is 0 Å². The van der Waals surface area contributed by atoms with Crippen LogP contribution in [0, 0.1) is 5.92 Å². The summed E-state index contributed by atoms with van der Waals surface area (Å²) in [7, 11) is -1.02. The van der Waals surface area contributed by atoms with Gasteiger partial charge in [0.25, 0.3) is 0 Å². The number of hydrogen-bond donors (Lipinski definition) is 1. The predicted octanol–water partition coefficient (Wildman–Crippen LogP) is -0.438. The van der Waals surface area contributed by atoms with Crippen molar-refractivity contribution in [3.63, 3.8) is 0 Å². The zero-order valence-electron chi connectivity index (χ0n) is 8.57. The molecule has 82 valence electrons. The van der Waals surface area contributed by atoms with Crippen molar-refractivity contribution >= 4 is 16.7 Å². The van der Waals surface area contributed by atoms with Gasteiger partial charge in [0.1, 0.15) is 5.75 Å². The number of nitrogens with zero attached hydrogens (tertiary/aromatic N) is 1. The lowest BCUT2D eigenvalue weighted by Crippen LogP contribution is -2.41. The highest BCUT2D eigenvalue weighted by atomic mass is 32.2. The maximum atomic E-state index is 11.5. The van der Waals surface area contributed by atoms with Crippen molar-refractivity contribution in [2.24, 2.45) is 11.7 Å². The monoisotopic (exact) mass is 218 g/mol. The molecule has 0 aromatic carbocycles. The summed E-state index contributed by atoms with van der Waals surface area (Å²) < 4.78 is 10.9. The molecule has 1 fully saturated rings. The normalized spacial score (nSPS) is 20.9. The topological polar surface area (TPSA) is 63.4 Å². The Kier molecular flexibility index (Phi) is 4.54. The molecule has 1 unspecified atom stereocenters. The fraction of sp³-hybridized carbons (Fsp3) is 0.889. The summed E-state index contributed by atoms with van der Waals surface area (Å²) in [4.78, 5) is 13.3. The average molecular weight is 218 g/mol. The number of nitrogens with two attached hydrogens (primary N) is 1. The van der Waals surface area contributed by atoms with Gasteiger partial charge >= 0.3 is 0 Å². The Hall–Kier alpha value is -0.420. The molecule has 0 radical (unpaired) electrons. The minimum Gasteiger partial charge on any atom is -0.342 e. The van der Waals surface area contributed by atoms with Gasteiger partial charge in [-0.05, 0) is 25.3 Å². The third-order valence-corrected chi connectivity index (χ3v) is 3.28. The van der Waals surface area contributed by atoms with Gasteiger partial charge < -0.3 is 10.6 Å². The smallest absolute Gasteiger partial charge is 0.235 e. The molecule has 1 saturated heterocycles. The number of amides is 1. The Morgan fingerprint density at radius 3 is 2.50 bits per heavy atom. The highest BCUT2D eigenvalue weighted by Gasteiger charge is 2.21. The molecule has 1 aliphatic rings. The van der Waals surface area contributed by atoms with E-state index in [1.807, 2.05) is 0 Å². The first-order chi connectivity index (χ1) is 6.63. The lowest BCUT2D eigenvalue weighted by Gasteiger charge is -2.31. The summed E-state index contributed by atoms with van der Waals surface area (Å²) in [5.74, 6) is 0.736. The predicted molar refractivity (Wildman–Crippen MR) is 57.3 cm³/mol. The van der Waals surface area contributed by atoms with Crippen molar-refractivity contribution in [2.75, 3.05) is 31.6 Å². The molecule has 1 atom stereocenters. The van der Waals surface area contributed by atoms with Crippen LogP contribution in [0.5, 0.6) is 0 Å². The lowest BCUT2D eigenvalue weighted by molar-refractivity contribution is -0.129. The first-order valence-electron chi connectivity index (χ1n) is 4.91. The van der Waals surface area contributed by atoms with E-state index in [1.165, 1.54) is 0 Å². The van der Waals surface area contributed by atoms with E-state index in [4.69, 9.17) is 5.73 Å². The van der Waals surface area contributed by atoms with Gasteiger partial charge in [-0.25, -0.2) is 0 Å². The van der Waals surface area contributed by atoms with E-state index in [0.29, 0.717) is 12.5 Å². The molecule has 0 aromatic heterocycles. The molecule has 14 heavy (non-hydrogen) atoms. The van der Waals surface area contributed by atoms with Gasteiger partial charge in [0, 0.05) is 30.1 Å². The van der Waals surface area contributed by atoms with Crippen LogP contribution in [-0.2, 0) is 15.6 Å². The standard InChI is InChI=1S/C9H18N2O2S/c1-14(13)7-9(12)11-4-2-8(6-10)3-5-11/h8H,2-7,10H2,1H3. The summed E-state index contributed by atoms with van der Waals surface area (Å²) in [6.07, 6.45) is 3.53. The average Bonchev–Trinajstić information content (AvgIpc) is 2.17. The van der Waals surface area contributed by atoms with E-state index in [1.54, 1.807) is 11.2 Å². The van der Waals surface area contributed by atoms with E-state index >= 15 is 0 Å². The molecule has 1 amide bonds. The molecule has 0 aliphatic carbocycles. The molecular weight excluding hydrogens is 200 g/mol. The Balaban J connectivity index is 2.34. The summed E-state index contributed by atoms with van der Waals surface area (Å²) in [6, 6.07) is 0. The molecule has 2 N–H and O–H groups in total. The van der Waals surface area contributed by atoms with Crippen molar-refractivity contribution in [1.29, 1.82) is 0 Å². The van der Waals surface area contributed by atoms with E-state index in [2.05, 4.69) is 0 Å². The van der Waals surface area contributed by atoms with Gasteiger partial charge in [-0.2, -0.15) is 0 Å². The minimum atomic E-state index is -1.02. The Morgan fingerprint density at radius 2 is 2.07 bits per heavy atom. The van der Waals surface area contributed by atoms with Crippen molar-refractivity contribution in [1.82, 2.24) is 4.90 Å². The summed E-state index contributed by atoms with van der Waals surface area (Å²) in [5.41, 5.74) is 5.55. The van der Waals surface area contributed by atoms with Gasteiger partial charge in [0.05, 0.1) is 0 Å². The summed E-state index contributed by atoms with van der Waals surface area (Å²) >= 11 is 0. The van der Waals surface area contributed by atoms with Crippen LogP contribution < -0.4 is 5.73 Å². The zero-order valence-corrected chi connectivity index (χ0v) is 9.39. The summed E-state index contributed by atoms with van der Waals surface area (Å²) in [5, 5.41) is 0. The highest BCUT2D eigenvalue weighted by Crippen LogP contribution is 2.15. The van der Waals surface area contributed by atoms with Gasteiger partial charge in [0.2, 0.25) is 5.91 Å². The SMILES string of the molecule is CS(=O)CC(=O)N1CCC(CN)CC1. The second-order valence-corrected chi connectivity index (χ2v) is 5.21. The molecule has 1 heterocycles. The molecule has 0 saturated carbocycles. The van der Waals surface area contributed by atoms with Crippen molar-refractivity contribution in [3.8, 4) is 0 Å². The molecule has 0 aromatic rings. The van der Waals surface area contributed by atoms with Crippen LogP contribution in [0.15, 0.2) is 0 Å². The highest BCUT2D eigenvalue weighted by molar-refractivity contribution is 7.85. The quantitative estimate of drug-likeness (QED) is 0.698. The van der Waals surface area contributed by atoms with Gasteiger partial charge in [-0.1, -0.05) is 0 Å². The molecule has 0 bridgehead atoms. The Morgan fingerprint density at radius 1 is 1.50 bits per heavy atom. The van der Waals surface area contributed by atoms with Crippen LogP contribution in [0.4, 0.5) is 0 Å². The van der Waals surface area contributed by atoms with E-state index in [0.717, 1.165) is 25.9 Å². The second kappa shape index (κ2) is 5.46. The van der Waals surface area contributed by atoms with Crippen molar-refractivity contribution in [2.45, 2.75) is 12.8 Å². The minimum absolute atomic E-state index is 0.0151. The third-order valence-electron chi connectivity index (χ3n) is 2.63. The maximum absolute atomic E-state index is 11.5. The Bertz CT molecular complexity index is 225. The molecule has 0 spiro atoms. The van der Waals surface area contributed by atoms with Crippen LogP contribution in [0.25, 0.3) is 0 Å². The third kappa shape index (κ3) is 3.38. The van der Waals surface area contributed by atoms with E-state index in [9.17, 15) is 9.00 Å². The fourth-order valence-corrected chi connectivity index (χ4v) is 2.21. The second-order valence-electron chi connectivity index (χ2n) is 3.78. The first kappa shape index (κ1) is 11.7. The maximum Gasteiger partial charge on any atom is 0.235 e. The number of rotatable bonds is 3. The van der Waals surface area contributed by atoms with Crippen LogP contribution in [0.3, 0.4) is 0 Å². The number of likely N-dealkylation sites (tertiary alicyclic amines) is 1. The van der Waals surface area contributed by atoms with E-state index < -0.39 is 10.8 Å². The molecular formula is C9H18N2O2S. The van der Waals surface area contributed by atoms with Crippen molar-refractivity contribution < 1.29 is 9.00 Å². The number of carbonyl (C=O) groups excluding carboxylic acids is 1. The van der Waals surface area contributed by atoms with Crippen LogP contribution in [-0.4, -0.2) is 46.7 Å². The van der Waals surface area contributed by atoms with E-state index in [-0.39, 0.29) is 11.7 Å². The van der Waals surface area contributed by atoms with Crippen molar-refractivity contribution in [3.05, 3.63) is 0 Å². The number of piperidine rings is 1. The van der Waals surface area contributed by atoms with Crippen LogP contribution in [0.2, 0.25) is 0 Å². The molecule has 1 aliphatic heterocycles. The Labute approximate surface area is 87.3 Å². The zero-order chi connectivity index (χ0) is 10.6. The number of carbonyl (C=O) groups is 1. The first-order valence-corrected chi connectivity index (χ1v) is 6.64. The van der Waals surface area contributed by atoms with Gasteiger partial charge in [-0.15, -0.1) is 0 Å². The number of hydrogen-bond acceptors (Lipinski definition) is 3. The largest absolute Gasteiger partial charge is 0.342 e. The molecule has 5 heteroatoms.